The Morgan fingerprint density at radius 2 is 1.02 bits per heavy atom. The number of nitrogens with zero attached hydrogens (tertiary/aromatic N) is 2. The van der Waals surface area contributed by atoms with E-state index < -0.39 is 0 Å². The van der Waals surface area contributed by atoms with Gasteiger partial charge >= 0.3 is 0 Å². The number of piperidine rings is 1. The smallest absolute Gasteiger partial charge is 0.110 e. The molecule has 1 N–H and O–H groups in total. The van der Waals surface area contributed by atoms with Gasteiger partial charge in [-0.05, 0) is 69.4 Å². The van der Waals surface area contributed by atoms with E-state index in [2.05, 4.69) is 44.4 Å². The summed E-state index contributed by atoms with van der Waals surface area (Å²) in [5.41, 5.74) is 0.541. The minimum absolute atomic E-state index is 0.541. The van der Waals surface area contributed by atoms with Crippen molar-refractivity contribution in [1.82, 2.24) is 9.80 Å². The molecule has 3 nitrogen and oxygen atoms in total. The first-order valence-electron chi connectivity index (χ1n) is 20.0. The molecule has 0 radical (unpaired) electrons. The second-order valence-electron chi connectivity index (χ2n) is 15.0. The Kier molecular flexibility index (Phi) is 26.1. The van der Waals surface area contributed by atoms with Gasteiger partial charge in [-0.3, -0.25) is 10.3 Å². The van der Waals surface area contributed by atoms with E-state index in [1.807, 2.05) is 0 Å². The van der Waals surface area contributed by atoms with Crippen LogP contribution in [0.1, 0.15) is 208 Å². The summed E-state index contributed by atoms with van der Waals surface area (Å²) in [5.74, 6) is 1.78. The van der Waals surface area contributed by atoms with Crippen molar-refractivity contribution < 1.29 is 0 Å². The van der Waals surface area contributed by atoms with Crippen molar-refractivity contribution in [3.05, 3.63) is 0 Å². The van der Waals surface area contributed by atoms with Crippen LogP contribution in [0.3, 0.4) is 0 Å². The summed E-state index contributed by atoms with van der Waals surface area (Å²) < 4.78 is 0. The number of likely N-dealkylation sites (tertiary alicyclic amines) is 1. The highest BCUT2D eigenvalue weighted by Gasteiger charge is 2.26. The Morgan fingerprint density at radius 3 is 1.47 bits per heavy atom. The fourth-order valence-corrected chi connectivity index (χ4v) is 7.20. The molecule has 1 atom stereocenters. The summed E-state index contributed by atoms with van der Waals surface area (Å²) in [7, 11) is 0. The van der Waals surface area contributed by atoms with Gasteiger partial charge in [0.2, 0.25) is 0 Å². The van der Waals surface area contributed by atoms with Crippen LogP contribution in [0.5, 0.6) is 0 Å². The van der Waals surface area contributed by atoms with E-state index in [4.69, 9.17) is 5.41 Å². The third-order valence-electron chi connectivity index (χ3n) is 10.9. The van der Waals surface area contributed by atoms with Crippen molar-refractivity contribution in [2.24, 2.45) is 11.3 Å². The van der Waals surface area contributed by atoms with Gasteiger partial charge in [0.25, 0.3) is 0 Å². The van der Waals surface area contributed by atoms with Gasteiger partial charge in [-0.1, -0.05) is 163 Å². The fraction of sp³-hybridized carbons (Fsp3) is 0.975. The van der Waals surface area contributed by atoms with Crippen LogP contribution in [-0.4, -0.2) is 48.4 Å². The second kappa shape index (κ2) is 27.7. The minimum atomic E-state index is 0.541. The molecule has 1 rings (SSSR count). The van der Waals surface area contributed by atoms with Crippen LogP contribution in [0.4, 0.5) is 0 Å². The maximum Gasteiger partial charge on any atom is 0.110 e. The van der Waals surface area contributed by atoms with Crippen LogP contribution in [-0.2, 0) is 0 Å². The van der Waals surface area contributed by atoms with Crippen molar-refractivity contribution in [2.75, 3.05) is 32.7 Å². The maximum atomic E-state index is 9.03. The lowest BCUT2D eigenvalue weighted by molar-refractivity contribution is 0.189. The Morgan fingerprint density at radius 1 is 0.605 bits per heavy atom. The molecule has 3 heteroatoms. The van der Waals surface area contributed by atoms with Gasteiger partial charge in [0.05, 0.1) is 6.54 Å². The normalized spacial score (nSPS) is 15.8. The highest BCUT2D eigenvalue weighted by Crippen LogP contribution is 2.37. The van der Waals surface area contributed by atoms with E-state index in [9.17, 15) is 0 Å². The molecule has 0 saturated carbocycles. The molecule has 0 spiro atoms. The van der Waals surface area contributed by atoms with Gasteiger partial charge in [-0.2, -0.15) is 0 Å². The zero-order chi connectivity index (χ0) is 31.4. The third-order valence-corrected chi connectivity index (χ3v) is 10.9. The van der Waals surface area contributed by atoms with Gasteiger partial charge in [0.15, 0.2) is 0 Å². The minimum Gasteiger partial charge on any atom is -0.359 e. The molecule has 1 saturated heterocycles. The quantitative estimate of drug-likeness (QED) is 0.0503. The topological polar surface area (TPSA) is 30.3 Å². The molecular weight excluding hydrogens is 522 g/mol. The van der Waals surface area contributed by atoms with Crippen molar-refractivity contribution in [3.63, 3.8) is 0 Å². The number of hydrogen-bond donors (Lipinski definition) is 1. The summed E-state index contributed by atoms with van der Waals surface area (Å²) in [4.78, 5) is 5.08. The van der Waals surface area contributed by atoms with Crippen LogP contribution in [0.15, 0.2) is 0 Å². The van der Waals surface area contributed by atoms with Crippen LogP contribution < -0.4 is 0 Å². The summed E-state index contributed by atoms with van der Waals surface area (Å²) in [6.45, 7) is 17.4. The first kappa shape index (κ1) is 40.5. The first-order chi connectivity index (χ1) is 21.0. The number of nitrogens with one attached hydrogen (secondary N) is 1. The van der Waals surface area contributed by atoms with Gasteiger partial charge in [0.1, 0.15) is 5.84 Å². The molecule has 0 bridgehead atoms. The summed E-state index contributed by atoms with van der Waals surface area (Å²) in [6.07, 6.45) is 37.4. The Balaban J connectivity index is 2.38. The number of rotatable bonds is 30. The van der Waals surface area contributed by atoms with E-state index in [1.165, 1.54) is 186 Å². The van der Waals surface area contributed by atoms with Crippen LogP contribution in [0.2, 0.25) is 0 Å². The van der Waals surface area contributed by atoms with E-state index >= 15 is 0 Å². The lowest BCUT2D eigenvalue weighted by atomic mass is 9.75. The predicted octanol–water partition coefficient (Wildman–Crippen LogP) is 12.8. The molecule has 256 valence electrons. The molecule has 0 aromatic rings. The summed E-state index contributed by atoms with van der Waals surface area (Å²) >= 11 is 0. The maximum absolute atomic E-state index is 9.03. The molecule has 1 aliphatic rings. The second-order valence-corrected chi connectivity index (χ2v) is 15.0. The van der Waals surface area contributed by atoms with Crippen LogP contribution >= 0.6 is 0 Å². The average Bonchev–Trinajstić information content (AvgIpc) is 3.02. The largest absolute Gasteiger partial charge is 0.359 e. The van der Waals surface area contributed by atoms with E-state index in [0.29, 0.717) is 5.41 Å². The first-order valence-corrected chi connectivity index (χ1v) is 20.0. The van der Waals surface area contributed by atoms with E-state index in [1.54, 1.807) is 0 Å². The van der Waals surface area contributed by atoms with Crippen molar-refractivity contribution >= 4 is 5.84 Å². The standard InChI is InChI=1S/C40H81N3/c1-6-10-13-16-19-22-25-31-40(5,9-4)32-28-38-29-35-43(36-30-38)39(41)37-42(33-26-23-20-17-14-11-7-2)34-27-24-21-18-15-12-8-3/h38,41H,6-37H2,1-5H3. The SMILES string of the molecule is CCCCCCCCCN(CCCCCCCCC)CC(=N)N1CCC(CCC(C)(CC)CCCCCCCCC)CC1. The fourth-order valence-electron chi connectivity index (χ4n) is 7.20. The molecule has 43 heavy (non-hydrogen) atoms. The predicted molar refractivity (Wildman–Crippen MR) is 195 cm³/mol. The highest BCUT2D eigenvalue weighted by atomic mass is 15.2. The van der Waals surface area contributed by atoms with Gasteiger partial charge in [-0.25, -0.2) is 0 Å². The van der Waals surface area contributed by atoms with Gasteiger partial charge in [0, 0.05) is 13.1 Å². The number of amidine groups is 1. The van der Waals surface area contributed by atoms with Gasteiger partial charge in [-0.15, -0.1) is 0 Å². The molecule has 1 unspecified atom stereocenters. The summed E-state index contributed by atoms with van der Waals surface area (Å²) in [5, 5.41) is 9.03. The summed E-state index contributed by atoms with van der Waals surface area (Å²) in [6, 6.07) is 0. The van der Waals surface area contributed by atoms with Crippen molar-refractivity contribution in [2.45, 2.75) is 208 Å². The van der Waals surface area contributed by atoms with Crippen molar-refractivity contribution in [1.29, 1.82) is 5.41 Å². The zero-order valence-electron chi connectivity index (χ0n) is 30.6. The molecule has 0 aromatic carbocycles. The third kappa shape index (κ3) is 21.7. The molecule has 1 heterocycles. The lowest BCUT2D eigenvalue weighted by Crippen LogP contribution is -2.44. The van der Waals surface area contributed by atoms with Gasteiger partial charge < -0.3 is 4.90 Å². The molecule has 1 fully saturated rings. The molecule has 0 aromatic heterocycles. The van der Waals surface area contributed by atoms with Crippen molar-refractivity contribution in [3.8, 4) is 0 Å². The lowest BCUT2D eigenvalue weighted by Gasteiger charge is -2.37. The molecular formula is C40H81N3. The van der Waals surface area contributed by atoms with E-state index in [-0.39, 0.29) is 0 Å². The van der Waals surface area contributed by atoms with E-state index in [0.717, 1.165) is 31.4 Å². The Hall–Kier alpha value is -0.570. The zero-order valence-corrected chi connectivity index (χ0v) is 30.6. The highest BCUT2D eigenvalue weighted by molar-refractivity contribution is 5.81. The number of hydrogen-bond acceptors (Lipinski definition) is 2. The molecule has 0 aliphatic carbocycles. The number of unbranched alkanes of at least 4 members (excludes halogenated alkanes) is 18. The average molecular weight is 604 g/mol. The Labute approximate surface area is 272 Å². The van der Waals surface area contributed by atoms with Crippen LogP contribution in [0, 0.1) is 16.7 Å². The molecule has 0 amide bonds. The Bertz CT molecular complexity index is 593. The monoisotopic (exact) mass is 604 g/mol. The molecule has 1 aliphatic heterocycles. The van der Waals surface area contributed by atoms with Crippen LogP contribution in [0.25, 0.3) is 0 Å².